The minimum atomic E-state index is -0.367. The van der Waals surface area contributed by atoms with Gasteiger partial charge in [-0.05, 0) is 11.6 Å². The molecule has 2 unspecified atom stereocenters. The van der Waals surface area contributed by atoms with Crippen LogP contribution in [0.2, 0.25) is 0 Å². The van der Waals surface area contributed by atoms with E-state index in [-0.39, 0.29) is 23.6 Å². The van der Waals surface area contributed by atoms with Crippen LogP contribution in [0.1, 0.15) is 11.5 Å². The lowest BCUT2D eigenvalue weighted by Crippen LogP contribution is -2.28. The summed E-state index contributed by atoms with van der Waals surface area (Å²) in [5, 5.41) is 3.06. The van der Waals surface area contributed by atoms with E-state index >= 15 is 0 Å². The lowest BCUT2D eigenvalue weighted by atomic mass is 9.88. The third-order valence-electron chi connectivity index (χ3n) is 2.88. The molecule has 1 aliphatic heterocycles. The van der Waals surface area contributed by atoms with Crippen LogP contribution in [0.15, 0.2) is 24.3 Å². The second kappa shape index (κ2) is 3.98. The molecule has 0 aliphatic carbocycles. The number of carbonyl (C=O) groups excluding carboxylic acids is 1. The zero-order valence-electron chi connectivity index (χ0n) is 8.24. The zero-order valence-corrected chi connectivity index (χ0v) is 8.24. The van der Waals surface area contributed by atoms with Crippen LogP contribution in [0.25, 0.3) is 0 Å². The number of benzene rings is 1. The molecule has 4 heteroatoms. The van der Waals surface area contributed by atoms with Gasteiger partial charge in [-0.25, -0.2) is 4.39 Å². The van der Waals surface area contributed by atoms with Crippen molar-refractivity contribution >= 4 is 5.91 Å². The molecule has 2 rings (SSSR count). The highest BCUT2D eigenvalue weighted by atomic mass is 19.1. The molecular weight excluding hydrogens is 195 g/mol. The predicted molar refractivity (Wildman–Crippen MR) is 54.7 cm³/mol. The number of hydrogen-bond donors (Lipinski definition) is 2. The fourth-order valence-corrected chi connectivity index (χ4v) is 2.08. The monoisotopic (exact) mass is 208 g/mol. The smallest absolute Gasteiger partial charge is 0.222 e. The molecule has 0 radical (unpaired) electrons. The van der Waals surface area contributed by atoms with Gasteiger partial charge < -0.3 is 11.1 Å². The van der Waals surface area contributed by atoms with Crippen molar-refractivity contribution in [2.24, 2.45) is 11.7 Å². The van der Waals surface area contributed by atoms with Gasteiger partial charge in [-0.2, -0.15) is 0 Å². The van der Waals surface area contributed by atoms with Crippen LogP contribution in [0.3, 0.4) is 0 Å². The van der Waals surface area contributed by atoms with Crippen molar-refractivity contribution in [3.63, 3.8) is 0 Å². The molecule has 1 aromatic carbocycles. The number of amides is 1. The molecule has 1 aromatic rings. The molecule has 0 spiro atoms. The molecule has 3 N–H and O–H groups in total. The van der Waals surface area contributed by atoms with Gasteiger partial charge in [0.15, 0.2) is 0 Å². The predicted octanol–water partition coefficient (Wildman–Crippen LogP) is 0.614. The fourth-order valence-electron chi connectivity index (χ4n) is 2.08. The highest BCUT2D eigenvalue weighted by Crippen LogP contribution is 2.29. The summed E-state index contributed by atoms with van der Waals surface area (Å²) in [6, 6.07) is 6.53. The van der Waals surface area contributed by atoms with Crippen molar-refractivity contribution in [1.82, 2.24) is 5.32 Å². The summed E-state index contributed by atoms with van der Waals surface area (Å²) in [4.78, 5) is 11.2. The van der Waals surface area contributed by atoms with Crippen molar-refractivity contribution in [2.75, 3.05) is 13.1 Å². The van der Waals surface area contributed by atoms with Gasteiger partial charge in [0.25, 0.3) is 0 Å². The zero-order chi connectivity index (χ0) is 10.8. The van der Waals surface area contributed by atoms with Crippen molar-refractivity contribution in [1.29, 1.82) is 0 Å². The molecule has 3 nitrogen and oxygen atoms in total. The van der Waals surface area contributed by atoms with E-state index in [1.165, 1.54) is 6.07 Å². The Morgan fingerprint density at radius 2 is 2.13 bits per heavy atom. The number of hydrogen-bond acceptors (Lipinski definition) is 2. The maximum absolute atomic E-state index is 13.5. The van der Waals surface area contributed by atoms with E-state index in [0.29, 0.717) is 18.7 Å². The Balaban J connectivity index is 2.30. The quantitative estimate of drug-likeness (QED) is 0.748. The molecule has 15 heavy (non-hydrogen) atoms. The molecule has 0 saturated carbocycles. The molecular formula is C11H13FN2O. The molecule has 1 amide bonds. The number of nitrogens with two attached hydrogens (primary N) is 1. The lowest BCUT2D eigenvalue weighted by molar-refractivity contribution is -0.121. The number of rotatable bonds is 2. The average Bonchev–Trinajstić information content (AvgIpc) is 2.67. The van der Waals surface area contributed by atoms with Crippen LogP contribution < -0.4 is 11.1 Å². The summed E-state index contributed by atoms with van der Waals surface area (Å²) in [5.41, 5.74) is 5.85. The Kier molecular flexibility index (Phi) is 2.68. The Morgan fingerprint density at radius 1 is 1.40 bits per heavy atom. The Hall–Kier alpha value is -1.42. The number of carbonyl (C=O) groups is 1. The normalized spacial score (nSPS) is 25.4. The number of nitrogens with one attached hydrogen (secondary N) is 1. The number of halogens is 1. The highest BCUT2D eigenvalue weighted by Gasteiger charge is 2.33. The topological polar surface area (TPSA) is 55.1 Å². The van der Waals surface area contributed by atoms with Gasteiger partial charge in [-0.15, -0.1) is 0 Å². The summed E-state index contributed by atoms with van der Waals surface area (Å²) < 4.78 is 13.5. The van der Waals surface area contributed by atoms with E-state index in [0.717, 1.165) is 0 Å². The summed E-state index contributed by atoms with van der Waals surface area (Å²) in [7, 11) is 0. The Labute approximate surface area is 87.5 Å². The first-order valence-electron chi connectivity index (χ1n) is 4.94. The molecule has 1 fully saturated rings. The highest BCUT2D eigenvalue weighted by molar-refractivity contribution is 5.78. The minimum Gasteiger partial charge on any atom is -0.369 e. The largest absolute Gasteiger partial charge is 0.369 e. The average molecular weight is 208 g/mol. The molecule has 1 saturated heterocycles. The molecule has 0 bridgehead atoms. The SMILES string of the molecule is NC(=O)C1CNCC1c1ccccc1F. The Bertz CT molecular complexity index is 381. The fraction of sp³-hybridized carbons (Fsp3) is 0.364. The van der Waals surface area contributed by atoms with Gasteiger partial charge in [-0.1, -0.05) is 18.2 Å². The van der Waals surface area contributed by atoms with E-state index in [1.54, 1.807) is 18.2 Å². The van der Waals surface area contributed by atoms with Crippen molar-refractivity contribution in [3.8, 4) is 0 Å². The molecule has 2 atom stereocenters. The second-order valence-electron chi connectivity index (χ2n) is 3.80. The van der Waals surface area contributed by atoms with Gasteiger partial charge in [0.2, 0.25) is 5.91 Å². The van der Waals surface area contributed by atoms with E-state index < -0.39 is 0 Å². The molecule has 0 aromatic heterocycles. The van der Waals surface area contributed by atoms with Gasteiger partial charge in [0.05, 0.1) is 5.92 Å². The summed E-state index contributed by atoms with van der Waals surface area (Å²) >= 11 is 0. The first-order valence-corrected chi connectivity index (χ1v) is 4.94. The van der Waals surface area contributed by atoms with E-state index in [9.17, 15) is 9.18 Å². The van der Waals surface area contributed by atoms with E-state index in [4.69, 9.17) is 5.73 Å². The first kappa shape index (κ1) is 10.1. The van der Waals surface area contributed by atoms with Crippen molar-refractivity contribution < 1.29 is 9.18 Å². The van der Waals surface area contributed by atoms with Crippen molar-refractivity contribution in [3.05, 3.63) is 35.6 Å². The second-order valence-corrected chi connectivity index (χ2v) is 3.80. The van der Waals surface area contributed by atoms with Crippen LogP contribution in [-0.2, 0) is 4.79 Å². The van der Waals surface area contributed by atoms with Crippen LogP contribution in [-0.4, -0.2) is 19.0 Å². The molecule has 1 aliphatic rings. The maximum atomic E-state index is 13.5. The molecule has 80 valence electrons. The van der Waals surface area contributed by atoms with Crippen LogP contribution in [0.4, 0.5) is 4.39 Å². The number of primary amides is 1. The van der Waals surface area contributed by atoms with E-state index in [2.05, 4.69) is 5.32 Å². The summed E-state index contributed by atoms with van der Waals surface area (Å²) in [5.74, 6) is -1.07. The lowest BCUT2D eigenvalue weighted by Gasteiger charge is -2.16. The molecule has 1 heterocycles. The standard InChI is InChI=1S/C11H13FN2O/c12-10-4-2-1-3-7(10)8-5-14-6-9(8)11(13)15/h1-4,8-9,14H,5-6H2,(H2,13,15). The summed E-state index contributed by atoms with van der Waals surface area (Å²) in [6.07, 6.45) is 0. The third kappa shape index (κ3) is 1.85. The van der Waals surface area contributed by atoms with Crippen LogP contribution in [0, 0.1) is 11.7 Å². The minimum absolute atomic E-state index is 0.135. The van der Waals surface area contributed by atoms with Gasteiger partial charge in [-0.3, -0.25) is 4.79 Å². The van der Waals surface area contributed by atoms with Gasteiger partial charge in [0.1, 0.15) is 5.82 Å². The van der Waals surface area contributed by atoms with Crippen LogP contribution >= 0.6 is 0 Å². The van der Waals surface area contributed by atoms with Gasteiger partial charge >= 0.3 is 0 Å². The van der Waals surface area contributed by atoms with E-state index in [1.807, 2.05) is 0 Å². The Morgan fingerprint density at radius 3 is 2.80 bits per heavy atom. The first-order chi connectivity index (χ1) is 7.20. The third-order valence-corrected chi connectivity index (χ3v) is 2.88. The summed E-state index contributed by atoms with van der Waals surface area (Å²) in [6.45, 7) is 1.14. The van der Waals surface area contributed by atoms with Gasteiger partial charge in [0, 0.05) is 19.0 Å². The van der Waals surface area contributed by atoms with Crippen molar-refractivity contribution in [2.45, 2.75) is 5.92 Å². The van der Waals surface area contributed by atoms with Crippen LogP contribution in [0.5, 0.6) is 0 Å². The maximum Gasteiger partial charge on any atom is 0.222 e.